The van der Waals surface area contributed by atoms with E-state index in [9.17, 15) is 9.59 Å². The second-order valence-electron chi connectivity index (χ2n) is 6.32. The van der Waals surface area contributed by atoms with Gasteiger partial charge in [-0.05, 0) is 31.2 Å². The Morgan fingerprint density at radius 1 is 1.03 bits per heavy atom. The molecule has 0 aliphatic heterocycles. The molecule has 0 saturated carbocycles. The molecule has 0 fully saturated rings. The van der Waals surface area contributed by atoms with Gasteiger partial charge in [-0.25, -0.2) is 0 Å². The van der Waals surface area contributed by atoms with Crippen molar-refractivity contribution in [2.24, 2.45) is 0 Å². The first-order chi connectivity index (χ1) is 14.5. The molecule has 1 N–H and O–H groups in total. The zero-order valence-electron chi connectivity index (χ0n) is 16.8. The second-order valence-corrected chi connectivity index (χ2v) is 6.32. The van der Waals surface area contributed by atoms with Gasteiger partial charge in [0.05, 0.1) is 14.2 Å². The van der Waals surface area contributed by atoms with Crippen molar-refractivity contribution in [1.82, 2.24) is 15.5 Å². The average Bonchev–Trinajstić information content (AvgIpc) is 3.24. The second kappa shape index (κ2) is 9.55. The monoisotopic (exact) mass is 411 g/mol. The Morgan fingerprint density at radius 2 is 1.77 bits per heavy atom. The van der Waals surface area contributed by atoms with E-state index < -0.39 is 11.9 Å². The highest BCUT2D eigenvalue weighted by Crippen LogP contribution is 2.22. The van der Waals surface area contributed by atoms with Gasteiger partial charge >= 0.3 is 5.97 Å². The third-order valence-electron chi connectivity index (χ3n) is 4.10. The lowest BCUT2D eigenvalue weighted by atomic mass is 10.1. The first-order valence-electron chi connectivity index (χ1n) is 9.05. The first kappa shape index (κ1) is 20.8. The van der Waals surface area contributed by atoms with Crippen LogP contribution < -0.4 is 14.8 Å². The van der Waals surface area contributed by atoms with Crippen LogP contribution in [0.2, 0.25) is 0 Å². The summed E-state index contributed by atoms with van der Waals surface area (Å²) in [6, 6.07) is 12.3. The fourth-order valence-corrected chi connectivity index (χ4v) is 2.59. The molecule has 0 saturated heterocycles. The van der Waals surface area contributed by atoms with Crippen LogP contribution in [0, 0.1) is 6.92 Å². The van der Waals surface area contributed by atoms with E-state index in [0.717, 1.165) is 11.1 Å². The molecular weight excluding hydrogens is 390 g/mol. The molecule has 0 aliphatic rings. The predicted octanol–water partition coefficient (Wildman–Crippen LogP) is 2.54. The summed E-state index contributed by atoms with van der Waals surface area (Å²) < 4.78 is 20.8. The molecular formula is C21H21N3O6. The molecule has 0 atom stereocenters. The highest BCUT2D eigenvalue weighted by atomic mass is 16.5. The molecule has 0 spiro atoms. The van der Waals surface area contributed by atoms with E-state index in [2.05, 4.69) is 15.5 Å². The van der Waals surface area contributed by atoms with Gasteiger partial charge in [0.25, 0.3) is 11.8 Å². The summed E-state index contributed by atoms with van der Waals surface area (Å²) in [5.74, 6) is 0.302. The maximum absolute atomic E-state index is 12.3. The van der Waals surface area contributed by atoms with Crippen molar-refractivity contribution in [3.05, 3.63) is 59.5 Å². The third-order valence-corrected chi connectivity index (χ3v) is 4.10. The van der Waals surface area contributed by atoms with E-state index in [-0.39, 0.29) is 19.0 Å². The van der Waals surface area contributed by atoms with Gasteiger partial charge in [-0.2, -0.15) is 0 Å². The Labute approximate surface area is 173 Å². The molecule has 0 bridgehead atoms. The number of aromatic nitrogens is 2. The van der Waals surface area contributed by atoms with Crippen molar-refractivity contribution in [2.75, 3.05) is 20.8 Å². The van der Waals surface area contributed by atoms with Crippen molar-refractivity contribution in [3.63, 3.8) is 0 Å². The zero-order valence-corrected chi connectivity index (χ0v) is 16.8. The number of carbonyl (C=O) groups is 2. The van der Waals surface area contributed by atoms with E-state index >= 15 is 0 Å². The fraction of sp³-hybridized carbons (Fsp3) is 0.238. The molecule has 1 aromatic heterocycles. The van der Waals surface area contributed by atoms with Crippen molar-refractivity contribution in [2.45, 2.75) is 13.5 Å². The number of ether oxygens (including phenoxy) is 3. The predicted molar refractivity (Wildman–Crippen MR) is 106 cm³/mol. The number of aryl methyl sites for hydroxylation is 1. The van der Waals surface area contributed by atoms with Gasteiger partial charge in [-0.3, -0.25) is 9.59 Å². The molecule has 1 amide bonds. The Morgan fingerprint density at radius 3 is 2.43 bits per heavy atom. The van der Waals surface area contributed by atoms with Gasteiger partial charge in [0.1, 0.15) is 18.0 Å². The lowest BCUT2D eigenvalue weighted by molar-refractivity contribution is -0.144. The van der Waals surface area contributed by atoms with Gasteiger partial charge in [-0.15, -0.1) is 10.2 Å². The number of nitrogens with one attached hydrogen (secondary N) is 1. The summed E-state index contributed by atoms with van der Waals surface area (Å²) in [5.41, 5.74) is 2.13. The minimum absolute atomic E-state index is 0.156. The van der Waals surface area contributed by atoms with Crippen molar-refractivity contribution in [3.8, 4) is 23.0 Å². The van der Waals surface area contributed by atoms with Crippen LogP contribution >= 0.6 is 0 Å². The van der Waals surface area contributed by atoms with E-state index in [0.29, 0.717) is 23.0 Å². The normalized spacial score (nSPS) is 10.4. The summed E-state index contributed by atoms with van der Waals surface area (Å²) in [7, 11) is 2.96. The molecule has 2 aromatic carbocycles. The van der Waals surface area contributed by atoms with Crippen LogP contribution in [0.25, 0.3) is 11.5 Å². The molecule has 0 aliphatic carbocycles. The Hall–Kier alpha value is -3.88. The lowest BCUT2D eigenvalue weighted by Gasteiger charge is -2.09. The number of rotatable bonds is 8. The van der Waals surface area contributed by atoms with Crippen LogP contribution in [-0.4, -0.2) is 42.8 Å². The van der Waals surface area contributed by atoms with E-state index in [4.69, 9.17) is 18.6 Å². The van der Waals surface area contributed by atoms with E-state index in [1.165, 1.54) is 26.4 Å². The van der Waals surface area contributed by atoms with Crippen LogP contribution in [0.3, 0.4) is 0 Å². The van der Waals surface area contributed by atoms with Crippen LogP contribution in [0.1, 0.15) is 21.8 Å². The van der Waals surface area contributed by atoms with Gasteiger partial charge < -0.3 is 23.9 Å². The van der Waals surface area contributed by atoms with E-state index in [1.807, 2.05) is 31.2 Å². The molecule has 1 heterocycles. The third kappa shape index (κ3) is 5.34. The smallest absolute Gasteiger partial charge is 0.325 e. The Bertz CT molecular complexity index is 1020. The number of nitrogens with zero attached hydrogens (tertiary/aromatic N) is 2. The van der Waals surface area contributed by atoms with Crippen molar-refractivity contribution >= 4 is 11.9 Å². The van der Waals surface area contributed by atoms with Crippen molar-refractivity contribution < 1.29 is 28.2 Å². The molecule has 9 nitrogen and oxygen atoms in total. The van der Waals surface area contributed by atoms with Gasteiger partial charge in [0.15, 0.2) is 6.61 Å². The molecule has 156 valence electrons. The highest BCUT2D eigenvalue weighted by Gasteiger charge is 2.14. The van der Waals surface area contributed by atoms with E-state index in [1.54, 1.807) is 6.07 Å². The minimum Gasteiger partial charge on any atom is -0.497 e. The number of esters is 1. The van der Waals surface area contributed by atoms with Crippen LogP contribution in [0.15, 0.2) is 46.9 Å². The standard InChI is InChI=1S/C21H21N3O6/c1-13-5-4-6-14(7-13)21-24-23-18(30-21)12-29-19(25)11-22-20(26)15-8-16(27-2)10-17(9-15)28-3/h4-10H,11-12H2,1-3H3,(H,22,26). The maximum atomic E-state index is 12.3. The minimum atomic E-state index is -0.645. The summed E-state index contributed by atoms with van der Waals surface area (Å²) >= 11 is 0. The zero-order chi connectivity index (χ0) is 21.5. The number of hydrogen-bond acceptors (Lipinski definition) is 8. The molecule has 30 heavy (non-hydrogen) atoms. The first-order valence-corrected chi connectivity index (χ1v) is 9.05. The Balaban J connectivity index is 1.51. The lowest BCUT2D eigenvalue weighted by Crippen LogP contribution is -2.30. The molecule has 0 radical (unpaired) electrons. The molecule has 9 heteroatoms. The topological polar surface area (TPSA) is 113 Å². The number of carbonyl (C=O) groups excluding carboxylic acids is 2. The van der Waals surface area contributed by atoms with Crippen molar-refractivity contribution in [1.29, 1.82) is 0 Å². The average molecular weight is 411 g/mol. The SMILES string of the molecule is COc1cc(OC)cc(C(=O)NCC(=O)OCc2nnc(-c3cccc(C)c3)o2)c1. The highest BCUT2D eigenvalue weighted by molar-refractivity contribution is 5.96. The largest absolute Gasteiger partial charge is 0.497 e. The summed E-state index contributed by atoms with van der Waals surface area (Å²) in [6.45, 7) is 1.44. The molecule has 0 unspecified atom stereocenters. The number of hydrogen-bond donors (Lipinski definition) is 1. The summed E-state index contributed by atoms with van der Waals surface area (Å²) in [5, 5.41) is 10.3. The summed E-state index contributed by atoms with van der Waals surface area (Å²) in [6.07, 6.45) is 0. The summed E-state index contributed by atoms with van der Waals surface area (Å²) in [4.78, 5) is 24.2. The van der Waals surface area contributed by atoms with Crippen LogP contribution in [-0.2, 0) is 16.1 Å². The fourth-order valence-electron chi connectivity index (χ4n) is 2.59. The Kier molecular flexibility index (Phi) is 6.63. The van der Waals surface area contributed by atoms with Gasteiger partial charge in [0.2, 0.25) is 5.89 Å². The maximum Gasteiger partial charge on any atom is 0.325 e. The van der Waals surface area contributed by atoms with Crippen LogP contribution in [0.4, 0.5) is 0 Å². The molecule has 3 rings (SSSR count). The van der Waals surface area contributed by atoms with Gasteiger partial charge in [-0.1, -0.05) is 17.7 Å². The van der Waals surface area contributed by atoms with Crippen LogP contribution in [0.5, 0.6) is 11.5 Å². The number of methoxy groups -OCH3 is 2. The number of amides is 1. The van der Waals surface area contributed by atoms with Gasteiger partial charge in [0, 0.05) is 17.2 Å². The quantitative estimate of drug-likeness (QED) is 0.563. The molecule has 3 aromatic rings. The number of benzene rings is 2.